The number of nitrogens with two attached hydrogens (primary N) is 1. The van der Waals surface area contributed by atoms with E-state index in [4.69, 9.17) is 19.5 Å². The number of nitrogens with one attached hydrogen (secondary N) is 1. The Kier molecular flexibility index (Phi) is 7.70. The third-order valence-electron chi connectivity index (χ3n) is 4.24. The van der Waals surface area contributed by atoms with E-state index in [0.29, 0.717) is 11.4 Å². The zero-order chi connectivity index (χ0) is 22.1. The molecule has 0 radical (unpaired) electrons. The van der Waals surface area contributed by atoms with Crippen LogP contribution < -0.4 is 19.9 Å². The summed E-state index contributed by atoms with van der Waals surface area (Å²) in [6, 6.07) is 23.4. The molecular formula is C23H25N2O5P. The molecule has 0 bridgehead atoms. The molecule has 2 atom stereocenters. The van der Waals surface area contributed by atoms with Crippen molar-refractivity contribution in [1.82, 2.24) is 5.09 Å². The molecule has 3 rings (SSSR count). The number of carbonyl (C=O) groups is 1. The van der Waals surface area contributed by atoms with Gasteiger partial charge in [-0.05, 0) is 55.3 Å². The first-order valence-electron chi connectivity index (χ1n) is 9.85. The number of ether oxygens (including phenoxy) is 1. The van der Waals surface area contributed by atoms with E-state index < -0.39 is 19.8 Å². The van der Waals surface area contributed by atoms with Gasteiger partial charge in [-0.2, -0.15) is 5.09 Å². The first-order chi connectivity index (χ1) is 15.0. The molecule has 0 fully saturated rings. The number of hydrogen-bond acceptors (Lipinski definition) is 6. The summed E-state index contributed by atoms with van der Waals surface area (Å²) < 4.78 is 30.4. The third kappa shape index (κ3) is 6.88. The summed E-state index contributed by atoms with van der Waals surface area (Å²) in [6.45, 7) is 1.90. The summed E-state index contributed by atoms with van der Waals surface area (Å²) >= 11 is 0. The number of hydrogen-bond donors (Lipinski definition) is 2. The zero-order valence-electron chi connectivity index (χ0n) is 17.1. The van der Waals surface area contributed by atoms with Crippen LogP contribution in [-0.4, -0.2) is 18.6 Å². The Labute approximate surface area is 181 Å². The second-order valence-corrected chi connectivity index (χ2v) is 8.30. The fourth-order valence-corrected chi connectivity index (χ4v) is 4.34. The van der Waals surface area contributed by atoms with E-state index in [1.807, 2.05) is 36.4 Å². The summed E-state index contributed by atoms with van der Waals surface area (Å²) in [5.74, 6) is 0.0588. The van der Waals surface area contributed by atoms with E-state index in [0.717, 1.165) is 5.56 Å². The quantitative estimate of drug-likeness (QED) is 0.270. The van der Waals surface area contributed by atoms with Crippen molar-refractivity contribution in [2.24, 2.45) is 0 Å². The van der Waals surface area contributed by atoms with Gasteiger partial charge in [-0.15, -0.1) is 0 Å². The Bertz CT molecular complexity index is 1010. The van der Waals surface area contributed by atoms with Crippen LogP contribution in [0.4, 0.5) is 5.69 Å². The standard InChI is InChI=1S/C23H25N2O5P/c1-2-28-23(26)22(17-18-9-5-3-6-10-18)25-31(27,29-20-11-7-4-8-12-20)30-21-15-13-19(24)14-16-21/h3-16,22H,2,17,24H2,1H3,(H,25,27)/t22-,31?/m0/s1. The molecule has 31 heavy (non-hydrogen) atoms. The maximum atomic E-state index is 13.8. The van der Waals surface area contributed by atoms with Crippen LogP contribution in [0, 0.1) is 0 Å². The van der Waals surface area contributed by atoms with Crippen molar-refractivity contribution in [3.8, 4) is 11.5 Å². The second kappa shape index (κ2) is 10.7. The lowest BCUT2D eigenvalue weighted by molar-refractivity contribution is -0.145. The van der Waals surface area contributed by atoms with Gasteiger partial charge < -0.3 is 19.5 Å². The average molecular weight is 440 g/mol. The molecule has 0 saturated heterocycles. The Hall–Kier alpha value is -3.28. The molecule has 0 saturated carbocycles. The zero-order valence-corrected chi connectivity index (χ0v) is 18.0. The highest BCUT2D eigenvalue weighted by molar-refractivity contribution is 7.52. The molecule has 8 heteroatoms. The van der Waals surface area contributed by atoms with Gasteiger partial charge in [0.2, 0.25) is 0 Å². The maximum absolute atomic E-state index is 13.8. The van der Waals surface area contributed by atoms with Gasteiger partial charge in [-0.25, -0.2) is 4.57 Å². The van der Waals surface area contributed by atoms with Gasteiger partial charge in [0, 0.05) is 5.69 Å². The minimum Gasteiger partial charge on any atom is -0.465 e. The van der Waals surface area contributed by atoms with Crippen LogP contribution in [0.2, 0.25) is 0 Å². The highest BCUT2D eigenvalue weighted by Crippen LogP contribution is 2.45. The van der Waals surface area contributed by atoms with Crippen molar-refractivity contribution in [3.63, 3.8) is 0 Å². The van der Waals surface area contributed by atoms with E-state index in [1.165, 1.54) is 0 Å². The average Bonchev–Trinajstić information content (AvgIpc) is 2.76. The lowest BCUT2D eigenvalue weighted by Crippen LogP contribution is -2.40. The maximum Gasteiger partial charge on any atom is 0.513 e. The van der Waals surface area contributed by atoms with Gasteiger partial charge in [0.05, 0.1) is 6.61 Å². The van der Waals surface area contributed by atoms with E-state index >= 15 is 0 Å². The monoisotopic (exact) mass is 440 g/mol. The Morgan fingerprint density at radius 1 is 0.903 bits per heavy atom. The molecule has 0 aromatic heterocycles. The van der Waals surface area contributed by atoms with Crippen LogP contribution >= 0.6 is 7.75 Å². The number of nitrogen functional groups attached to an aromatic ring is 1. The molecule has 1 unspecified atom stereocenters. The van der Waals surface area contributed by atoms with Gasteiger partial charge in [0.15, 0.2) is 0 Å². The molecule has 0 spiro atoms. The van der Waals surface area contributed by atoms with Crippen molar-refractivity contribution in [3.05, 3.63) is 90.5 Å². The molecule has 3 aromatic carbocycles. The van der Waals surface area contributed by atoms with Crippen molar-refractivity contribution in [2.45, 2.75) is 19.4 Å². The van der Waals surface area contributed by atoms with Crippen LogP contribution in [0.3, 0.4) is 0 Å². The highest BCUT2D eigenvalue weighted by atomic mass is 31.2. The first kappa shape index (κ1) is 22.4. The molecule has 162 valence electrons. The van der Waals surface area contributed by atoms with E-state index in [2.05, 4.69) is 5.09 Å². The lowest BCUT2D eigenvalue weighted by atomic mass is 10.1. The topological polar surface area (TPSA) is 99.9 Å². The van der Waals surface area contributed by atoms with E-state index in [1.54, 1.807) is 55.5 Å². The molecule has 0 aliphatic rings. The molecule has 0 aliphatic heterocycles. The SMILES string of the molecule is CCOC(=O)[C@H](Cc1ccccc1)NP(=O)(Oc1ccccc1)Oc1ccc(N)cc1. The normalized spacial score (nSPS) is 13.6. The Morgan fingerprint density at radius 2 is 1.45 bits per heavy atom. The first-order valence-corrected chi connectivity index (χ1v) is 11.4. The fourth-order valence-electron chi connectivity index (χ4n) is 2.82. The van der Waals surface area contributed by atoms with Crippen LogP contribution in [0.1, 0.15) is 12.5 Å². The Balaban J connectivity index is 1.89. The minimum atomic E-state index is -4.04. The molecule has 0 amide bonds. The summed E-state index contributed by atoms with van der Waals surface area (Å²) in [6.07, 6.45) is 0.243. The van der Waals surface area contributed by atoms with Crippen LogP contribution in [0.5, 0.6) is 11.5 Å². The van der Waals surface area contributed by atoms with Crippen molar-refractivity contribution in [2.75, 3.05) is 12.3 Å². The number of rotatable bonds is 10. The molecule has 3 N–H and O–H groups in total. The number of benzene rings is 3. The van der Waals surface area contributed by atoms with Crippen LogP contribution in [0.15, 0.2) is 84.9 Å². The third-order valence-corrected chi connectivity index (χ3v) is 5.77. The fraction of sp³-hybridized carbons (Fsp3) is 0.174. The van der Waals surface area contributed by atoms with Crippen molar-refractivity contribution >= 4 is 19.4 Å². The molecular weight excluding hydrogens is 415 g/mol. The minimum absolute atomic E-state index is 0.189. The predicted octanol–water partition coefficient (Wildman–Crippen LogP) is 4.60. The highest BCUT2D eigenvalue weighted by Gasteiger charge is 2.36. The molecule has 0 heterocycles. The molecule has 3 aromatic rings. The van der Waals surface area contributed by atoms with Crippen molar-refractivity contribution < 1.29 is 23.1 Å². The lowest BCUT2D eigenvalue weighted by Gasteiger charge is -2.25. The van der Waals surface area contributed by atoms with Gasteiger partial charge in [-0.3, -0.25) is 4.79 Å². The van der Waals surface area contributed by atoms with Crippen molar-refractivity contribution in [1.29, 1.82) is 0 Å². The summed E-state index contributed by atoms with van der Waals surface area (Å²) in [7, 11) is -4.04. The van der Waals surface area contributed by atoms with Crippen LogP contribution in [-0.2, 0) is 20.5 Å². The van der Waals surface area contributed by atoms with E-state index in [-0.39, 0.29) is 18.8 Å². The summed E-state index contributed by atoms with van der Waals surface area (Å²) in [4.78, 5) is 12.6. The number of esters is 1. The summed E-state index contributed by atoms with van der Waals surface area (Å²) in [5, 5.41) is 2.78. The van der Waals surface area contributed by atoms with Gasteiger partial charge >= 0.3 is 13.7 Å². The molecule has 0 aliphatic carbocycles. The van der Waals surface area contributed by atoms with E-state index in [9.17, 15) is 9.36 Å². The van der Waals surface area contributed by atoms with Gasteiger partial charge in [0.1, 0.15) is 17.5 Å². The Morgan fingerprint density at radius 3 is 2.03 bits per heavy atom. The van der Waals surface area contributed by atoms with Gasteiger partial charge in [0.25, 0.3) is 0 Å². The predicted molar refractivity (Wildman–Crippen MR) is 120 cm³/mol. The summed E-state index contributed by atoms with van der Waals surface area (Å²) in [5.41, 5.74) is 7.12. The van der Waals surface area contributed by atoms with Crippen LogP contribution in [0.25, 0.3) is 0 Å². The number of para-hydroxylation sites is 1. The molecule has 7 nitrogen and oxygen atoms in total. The van der Waals surface area contributed by atoms with Gasteiger partial charge in [-0.1, -0.05) is 48.5 Å². The number of carbonyl (C=O) groups excluding carboxylic acids is 1. The smallest absolute Gasteiger partial charge is 0.465 e. The largest absolute Gasteiger partial charge is 0.513 e. The number of anilines is 1. The second-order valence-electron chi connectivity index (χ2n) is 6.69.